The van der Waals surface area contributed by atoms with Crippen LogP contribution in [-0.2, 0) is 0 Å². The lowest BCUT2D eigenvalue weighted by atomic mass is 10.1. The van der Waals surface area contributed by atoms with Gasteiger partial charge in [0, 0.05) is 6.42 Å². The Kier molecular flexibility index (Phi) is 7.11. The summed E-state index contributed by atoms with van der Waals surface area (Å²) in [6.07, 6.45) is 13.9. The van der Waals surface area contributed by atoms with Gasteiger partial charge < -0.3 is 0 Å². The highest BCUT2D eigenvalue weighted by molar-refractivity contribution is 5.03. The molecule has 0 fully saturated rings. The van der Waals surface area contributed by atoms with Crippen molar-refractivity contribution in [3.63, 3.8) is 0 Å². The van der Waals surface area contributed by atoms with Crippen LogP contribution in [0.15, 0.2) is 23.3 Å². The third kappa shape index (κ3) is 8.95. The Bertz CT molecular complexity index is 219. The molecule has 0 N–H and O–H groups in total. The van der Waals surface area contributed by atoms with Crippen LogP contribution < -0.4 is 0 Å². The van der Waals surface area contributed by atoms with Crippen LogP contribution in [0.3, 0.4) is 0 Å². The average Bonchev–Trinajstić information content (AvgIpc) is 2.04. The van der Waals surface area contributed by atoms with Crippen LogP contribution in [0.2, 0.25) is 0 Å². The molecule has 0 radical (unpaired) electrons. The van der Waals surface area contributed by atoms with Crippen LogP contribution in [0.5, 0.6) is 0 Å². The van der Waals surface area contributed by atoms with E-state index >= 15 is 0 Å². The number of allylic oxidation sites excluding steroid dienone is 4. The normalized spacial score (nSPS) is 10.8. The second kappa shape index (κ2) is 7.68. The maximum Gasteiger partial charge on any atom is 0.0121 e. The number of unbranched alkanes of at least 4 members (excludes halogenated alkanes) is 1. The Morgan fingerprint density at radius 3 is 2.38 bits per heavy atom. The van der Waals surface area contributed by atoms with E-state index in [0.29, 0.717) is 0 Å². The van der Waals surface area contributed by atoms with E-state index < -0.39 is 0 Å². The Hall–Kier alpha value is -0.960. The zero-order valence-corrected chi connectivity index (χ0v) is 9.06. The Morgan fingerprint density at radius 1 is 1.15 bits per heavy atom. The molecule has 0 saturated heterocycles. The predicted molar refractivity (Wildman–Crippen MR) is 60.5 cm³/mol. The van der Waals surface area contributed by atoms with Crippen molar-refractivity contribution in [1.82, 2.24) is 0 Å². The van der Waals surface area contributed by atoms with Crippen LogP contribution in [0.25, 0.3) is 0 Å². The highest BCUT2D eigenvalue weighted by Gasteiger charge is 1.87. The first-order valence-corrected chi connectivity index (χ1v) is 4.89. The van der Waals surface area contributed by atoms with Crippen molar-refractivity contribution in [1.29, 1.82) is 0 Å². The Labute approximate surface area is 82.7 Å². The molecule has 72 valence electrons. The molecular formula is C13H20. The second-order valence-corrected chi connectivity index (χ2v) is 3.61. The minimum absolute atomic E-state index is 0.861. The maximum absolute atomic E-state index is 5.17. The molecule has 0 heterocycles. The minimum Gasteiger partial charge on any atom is -0.120 e. The molecule has 0 unspecified atom stereocenters. The van der Waals surface area contributed by atoms with Crippen molar-refractivity contribution in [2.24, 2.45) is 0 Å². The highest BCUT2D eigenvalue weighted by Crippen LogP contribution is 2.07. The Balaban J connectivity index is 3.62. The van der Waals surface area contributed by atoms with Crippen molar-refractivity contribution in [3.05, 3.63) is 23.3 Å². The molecule has 0 aromatic carbocycles. The van der Waals surface area contributed by atoms with E-state index in [0.717, 1.165) is 25.7 Å². The van der Waals surface area contributed by atoms with Crippen LogP contribution in [0.1, 0.15) is 46.5 Å². The topological polar surface area (TPSA) is 0 Å². The first-order valence-electron chi connectivity index (χ1n) is 4.89. The molecule has 0 heteroatoms. The summed E-state index contributed by atoms with van der Waals surface area (Å²) in [5.74, 6) is 2.64. The molecule has 0 nitrogen and oxygen atoms in total. The van der Waals surface area contributed by atoms with Crippen LogP contribution in [-0.4, -0.2) is 0 Å². The van der Waals surface area contributed by atoms with Gasteiger partial charge in [-0.1, -0.05) is 23.3 Å². The lowest BCUT2D eigenvalue weighted by molar-refractivity contribution is 0.941. The van der Waals surface area contributed by atoms with Gasteiger partial charge in [0.05, 0.1) is 0 Å². The number of hydrogen-bond acceptors (Lipinski definition) is 0. The van der Waals surface area contributed by atoms with E-state index in [-0.39, 0.29) is 0 Å². The molecule has 0 aliphatic heterocycles. The van der Waals surface area contributed by atoms with Crippen molar-refractivity contribution in [2.75, 3.05) is 0 Å². The first kappa shape index (κ1) is 12.0. The average molecular weight is 176 g/mol. The summed E-state index contributed by atoms with van der Waals surface area (Å²) in [5.41, 5.74) is 2.85. The van der Waals surface area contributed by atoms with Crippen LogP contribution in [0.4, 0.5) is 0 Å². The second-order valence-electron chi connectivity index (χ2n) is 3.61. The molecule has 0 aliphatic carbocycles. The third-order valence-corrected chi connectivity index (χ3v) is 1.87. The fourth-order valence-corrected chi connectivity index (χ4v) is 1.09. The monoisotopic (exact) mass is 176 g/mol. The van der Waals surface area contributed by atoms with E-state index in [1.807, 2.05) is 0 Å². The van der Waals surface area contributed by atoms with E-state index in [1.54, 1.807) is 0 Å². The minimum atomic E-state index is 0.861. The van der Waals surface area contributed by atoms with Gasteiger partial charge in [-0.05, 0) is 40.0 Å². The van der Waals surface area contributed by atoms with Crippen molar-refractivity contribution >= 4 is 0 Å². The van der Waals surface area contributed by atoms with Gasteiger partial charge in [0.1, 0.15) is 0 Å². The third-order valence-electron chi connectivity index (χ3n) is 1.87. The molecule has 0 atom stereocenters. The summed E-state index contributed by atoms with van der Waals surface area (Å²) in [5, 5.41) is 0. The quantitative estimate of drug-likeness (QED) is 0.336. The van der Waals surface area contributed by atoms with E-state index in [2.05, 4.69) is 38.8 Å². The largest absolute Gasteiger partial charge is 0.120 e. The number of rotatable bonds is 5. The van der Waals surface area contributed by atoms with Crippen LogP contribution in [0, 0.1) is 12.3 Å². The zero-order chi connectivity index (χ0) is 10.1. The fraction of sp³-hybridized carbons (Fsp3) is 0.538. The first-order chi connectivity index (χ1) is 6.16. The standard InChI is InChI=1S/C13H20/c1-5-6-7-10-13(4)11-8-9-12(2)3/h1,9-10H,6-8,11H2,2-4H3/b13-10+. The smallest absolute Gasteiger partial charge is 0.0121 e. The molecular weight excluding hydrogens is 156 g/mol. The van der Waals surface area contributed by atoms with Gasteiger partial charge in [-0.25, -0.2) is 0 Å². The van der Waals surface area contributed by atoms with Crippen molar-refractivity contribution in [2.45, 2.75) is 46.5 Å². The summed E-state index contributed by atoms with van der Waals surface area (Å²) in [6.45, 7) is 6.45. The number of hydrogen-bond donors (Lipinski definition) is 0. The molecule has 0 saturated carbocycles. The molecule has 0 aliphatic rings. The lowest BCUT2D eigenvalue weighted by Crippen LogP contribution is -1.77. The van der Waals surface area contributed by atoms with E-state index in [4.69, 9.17) is 6.42 Å². The molecule has 0 amide bonds. The Morgan fingerprint density at radius 2 is 1.85 bits per heavy atom. The maximum atomic E-state index is 5.17. The van der Waals surface area contributed by atoms with Gasteiger partial charge in [0.2, 0.25) is 0 Å². The van der Waals surface area contributed by atoms with Gasteiger partial charge in [-0.3, -0.25) is 0 Å². The van der Waals surface area contributed by atoms with E-state index in [9.17, 15) is 0 Å². The predicted octanol–water partition coefficient (Wildman–Crippen LogP) is 4.09. The molecule has 0 rings (SSSR count). The summed E-state index contributed by atoms with van der Waals surface area (Å²) >= 11 is 0. The lowest BCUT2D eigenvalue weighted by Gasteiger charge is -1.97. The molecule has 0 aromatic heterocycles. The van der Waals surface area contributed by atoms with Gasteiger partial charge >= 0.3 is 0 Å². The summed E-state index contributed by atoms with van der Waals surface area (Å²) in [6, 6.07) is 0. The highest BCUT2D eigenvalue weighted by atomic mass is 13.9. The zero-order valence-electron chi connectivity index (χ0n) is 9.06. The van der Waals surface area contributed by atoms with Gasteiger partial charge in [0.15, 0.2) is 0 Å². The molecule has 13 heavy (non-hydrogen) atoms. The molecule has 0 spiro atoms. The molecule has 0 aromatic rings. The van der Waals surface area contributed by atoms with Gasteiger partial charge in [-0.15, -0.1) is 12.3 Å². The summed E-state index contributed by atoms with van der Waals surface area (Å²) < 4.78 is 0. The fourth-order valence-electron chi connectivity index (χ4n) is 1.09. The van der Waals surface area contributed by atoms with E-state index in [1.165, 1.54) is 11.1 Å². The van der Waals surface area contributed by atoms with Gasteiger partial charge in [0.25, 0.3) is 0 Å². The number of terminal acetylenes is 1. The van der Waals surface area contributed by atoms with Crippen molar-refractivity contribution in [3.8, 4) is 12.3 Å². The molecule has 0 bridgehead atoms. The SMILES string of the molecule is C#CCC/C=C(\C)CCC=C(C)C. The summed E-state index contributed by atoms with van der Waals surface area (Å²) in [4.78, 5) is 0. The van der Waals surface area contributed by atoms with Crippen LogP contribution >= 0.6 is 0 Å². The van der Waals surface area contributed by atoms with Crippen molar-refractivity contribution < 1.29 is 0 Å². The summed E-state index contributed by atoms with van der Waals surface area (Å²) in [7, 11) is 0. The van der Waals surface area contributed by atoms with Gasteiger partial charge in [-0.2, -0.15) is 0 Å².